The molecule has 2 bridgehead atoms. The molecule has 204 valence electrons. The Kier molecular flexibility index (Phi) is 7.66. The Morgan fingerprint density at radius 3 is 2.00 bits per heavy atom. The van der Waals surface area contributed by atoms with E-state index < -0.39 is 5.54 Å². The van der Waals surface area contributed by atoms with Crippen molar-refractivity contribution in [1.29, 1.82) is 0 Å². The number of rotatable bonds is 7. The van der Waals surface area contributed by atoms with Gasteiger partial charge in [-0.25, -0.2) is 0 Å². The van der Waals surface area contributed by atoms with Crippen molar-refractivity contribution in [3.8, 4) is 0 Å². The van der Waals surface area contributed by atoms with Crippen molar-refractivity contribution < 1.29 is 18.9 Å². The lowest BCUT2D eigenvalue weighted by Gasteiger charge is -2.48. The summed E-state index contributed by atoms with van der Waals surface area (Å²) >= 11 is 0. The second-order valence-corrected chi connectivity index (χ2v) is 14.1. The Morgan fingerprint density at radius 2 is 1.50 bits per heavy atom. The summed E-state index contributed by atoms with van der Waals surface area (Å²) in [6.07, 6.45) is 9.50. The van der Waals surface area contributed by atoms with E-state index in [9.17, 15) is 9.59 Å². The zero-order valence-corrected chi connectivity index (χ0v) is 24.0. The molecule has 0 spiro atoms. The van der Waals surface area contributed by atoms with Crippen LogP contribution < -0.4 is 10.6 Å². The maximum absolute atomic E-state index is 14.0. The van der Waals surface area contributed by atoms with E-state index in [4.69, 9.17) is 9.31 Å². The van der Waals surface area contributed by atoms with Crippen molar-refractivity contribution in [2.45, 2.75) is 147 Å². The summed E-state index contributed by atoms with van der Waals surface area (Å²) in [4.78, 5) is 29.3. The van der Waals surface area contributed by atoms with E-state index in [2.05, 4.69) is 43.2 Å². The van der Waals surface area contributed by atoms with Crippen LogP contribution in [0.1, 0.15) is 107 Å². The number of carbonyl (C=O) groups is 2. The van der Waals surface area contributed by atoms with E-state index >= 15 is 0 Å². The molecule has 3 heterocycles. The SMILES string of the molecule is CC(=O)N[C@]1(C(=O)NC(C)(C)C)C[C@H](CCB2OC(C)(C)C(C)(C)O2)CC[C@H]1CN1C2CCC1CC2. The Hall–Kier alpha value is -1.12. The number of amides is 2. The van der Waals surface area contributed by atoms with Crippen LogP contribution in [0, 0.1) is 11.8 Å². The van der Waals surface area contributed by atoms with Crippen LogP contribution in [0.4, 0.5) is 0 Å². The van der Waals surface area contributed by atoms with Crippen LogP contribution in [0.2, 0.25) is 6.32 Å². The lowest BCUT2D eigenvalue weighted by molar-refractivity contribution is -0.140. The monoisotopic (exact) mass is 503 g/mol. The molecule has 0 radical (unpaired) electrons. The van der Waals surface area contributed by atoms with E-state index in [1.807, 2.05) is 20.8 Å². The highest BCUT2D eigenvalue weighted by Crippen LogP contribution is 2.45. The highest BCUT2D eigenvalue weighted by Gasteiger charge is 2.54. The Bertz CT molecular complexity index is 805. The molecule has 3 saturated heterocycles. The molecule has 3 aliphatic heterocycles. The van der Waals surface area contributed by atoms with E-state index in [0.29, 0.717) is 24.4 Å². The topological polar surface area (TPSA) is 79.9 Å². The van der Waals surface area contributed by atoms with Gasteiger partial charge in [-0.1, -0.05) is 6.42 Å². The summed E-state index contributed by atoms with van der Waals surface area (Å²) in [5.41, 5.74) is -1.93. The van der Waals surface area contributed by atoms with Crippen molar-refractivity contribution >= 4 is 18.9 Å². The number of nitrogens with zero attached hydrogens (tertiary/aromatic N) is 1. The fourth-order valence-electron chi connectivity index (χ4n) is 7.18. The van der Waals surface area contributed by atoms with Gasteiger partial charge in [-0.15, -0.1) is 0 Å². The largest absolute Gasteiger partial charge is 0.457 e. The van der Waals surface area contributed by atoms with E-state index in [1.165, 1.54) is 25.7 Å². The zero-order chi connectivity index (χ0) is 26.5. The third kappa shape index (κ3) is 5.66. The average molecular weight is 504 g/mol. The first kappa shape index (κ1) is 27.9. The quantitative estimate of drug-likeness (QED) is 0.507. The van der Waals surface area contributed by atoms with Gasteiger partial charge in [-0.2, -0.15) is 0 Å². The van der Waals surface area contributed by atoms with Crippen LogP contribution in [0.25, 0.3) is 0 Å². The van der Waals surface area contributed by atoms with Crippen LogP contribution in [-0.4, -0.2) is 64.7 Å². The lowest BCUT2D eigenvalue weighted by Crippen LogP contribution is -2.68. The van der Waals surface area contributed by atoms with Crippen LogP contribution in [-0.2, 0) is 18.9 Å². The number of fused-ring (bicyclic) bond motifs is 2. The van der Waals surface area contributed by atoms with Gasteiger partial charge in [0, 0.05) is 37.0 Å². The first-order valence-corrected chi connectivity index (χ1v) is 14.3. The summed E-state index contributed by atoms with van der Waals surface area (Å²) < 4.78 is 12.5. The van der Waals surface area contributed by atoms with Gasteiger partial charge < -0.3 is 19.9 Å². The van der Waals surface area contributed by atoms with Crippen LogP contribution in [0.5, 0.6) is 0 Å². The third-order valence-electron chi connectivity index (χ3n) is 9.67. The maximum Gasteiger partial charge on any atom is 0.457 e. The lowest BCUT2D eigenvalue weighted by atomic mass is 9.64. The van der Waals surface area contributed by atoms with Gasteiger partial charge in [0.15, 0.2) is 0 Å². The van der Waals surface area contributed by atoms with Crippen molar-refractivity contribution in [3.63, 3.8) is 0 Å². The van der Waals surface area contributed by atoms with Crippen LogP contribution in [0.3, 0.4) is 0 Å². The minimum atomic E-state index is -0.889. The zero-order valence-electron chi connectivity index (χ0n) is 24.0. The first-order valence-electron chi connectivity index (χ1n) is 14.3. The number of nitrogens with one attached hydrogen (secondary N) is 2. The number of hydrogen-bond donors (Lipinski definition) is 2. The van der Waals surface area contributed by atoms with Crippen molar-refractivity contribution in [2.24, 2.45) is 11.8 Å². The first-order chi connectivity index (χ1) is 16.6. The molecule has 7 nitrogen and oxygen atoms in total. The van der Waals surface area contributed by atoms with Crippen molar-refractivity contribution in [2.75, 3.05) is 6.54 Å². The number of hydrogen-bond acceptors (Lipinski definition) is 5. The Balaban J connectivity index is 1.52. The van der Waals surface area contributed by atoms with Crippen molar-refractivity contribution in [3.05, 3.63) is 0 Å². The van der Waals surface area contributed by atoms with Gasteiger partial charge in [0.05, 0.1) is 11.2 Å². The molecule has 1 saturated carbocycles. The standard InChI is InChI=1S/C28H50BN3O4/c1-19(33)30-28(24(34)31-25(2,3)4)17-20(15-16-29-35-26(5,6)27(7,8)36-29)9-10-21(28)18-32-22-11-12-23(32)14-13-22/h20-23H,9-18H2,1-8H3,(H,30,33)(H,31,34)/t20-,21-,22?,23?,28+/m0/s1. The molecule has 1 aliphatic carbocycles. The molecule has 2 amide bonds. The average Bonchev–Trinajstić information content (AvgIpc) is 3.36. The van der Waals surface area contributed by atoms with Crippen LogP contribution >= 0.6 is 0 Å². The maximum atomic E-state index is 14.0. The summed E-state index contributed by atoms with van der Waals surface area (Å²) in [5.74, 6) is 0.285. The van der Waals surface area contributed by atoms with Gasteiger partial charge >= 0.3 is 7.12 Å². The second kappa shape index (κ2) is 9.89. The Morgan fingerprint density at radius 1 is 0.944 bits per heavy atom. The summed E-state index contributed by atoms with van der Waals surface area (Å²) in [5, 5.41) is 6.48. The molecule has 4 fully saturated rings. The minimum absolute atomic E-state index is 0.0259. The molecule has 4 rings (SSSR count). The van der Waals surface area contributed by atoms with Gasteiger partial charge in [0.2, 0.25) is 11.8 Å². The Labute approximate surface area is 219 Å². The van der Waals surface area contributed by atoms with Crippen molar-refractivity contribution in [1.82, 2.24) is 15.5 Å². The number of carbonyl (C=O) groups excluding carboxylic acids is 2. The second-order valence-electron chi connectivity index (χ2n) is 14.1. The highest BCUT2D eigenvalue weighted by molar-refractivity contribution is 6.45. The molecular formula is C28H50BN3O4. The normalized spacial score (nSPS) is 35.7. The smallest absolute Gasteiger partial charge is 0.403 e. The third-order valence-corrected chi connectivity index (χ3v) is 9.67. The molecule has 2 N–H and O–H groups in total. The highest BCUT2D eigenvalue weighted by atomic mass is 16.7. The van der Waals surface area contributed by atoms with E-state index in [-0.39, 0.29) is 41.6 Å². The molecule has 0 aromatic heterocycles. The summed E-state index contributed by atoms with van der Waals surface area (Å²) in [7, 11) is -0.230. The van der Waals surface area contributed by atoms with Gasteiger partial charge in [-0.05, 0) is 106 Å². The van der Waals surface area contributed by atoms with E-state index in [0.717, 1.165) is 32.1 Å². The van der Waals surface area contributed by atoms with Gasteiger partial charge in [-0.3, -0.25) is 14.5 Å². The fourth-order valence-corrected chi connectivity index (χ4v) is 7.18. The molecule has 36 heavy (non-hydrogen) atoms. The summed E-state index contributed by atoms with van der Waals surface area (Å²) in [6, 6.07) is 1.30. The molecule has 4 aliphatic rings. The summed E-state index contributed by atoms with van der Waals surface area (Å²) in [6.45, 7) is 16.8. The minimum Gasteiger partial charge on any atom is -0.403 e. The fraction of sp³-hybridized carbons (Fsp3) is 0.929. The molecule has 8 heteroatoms. The van der Waals surface area contributed by atoms with Gasteiger partial charge in [0.25, 0.3) is 0 Å². The van der Waals surface area contributed by atoms with Crippen LogP contribution in [0.15, 0.2) is 0 Å². The molecular weight excluding hydrogens is 453 g/mol. The predicted molar refractivity (Wildman–Crippen MR) is 144 cm³/mol. The molecule has 0 aromatic rings. The predicted octanol–water partition coefficient (Wildman–Crippen LogP) is 4.30. The molecule has 0 unspecified atom stereocenters. The molecule has 3 atom stereocenters. The molecule has 0 aromatic carbocycles. The van der Waals surface area contributed by atoms with Gasteiger partial charge in [0.1, 0.15) is 5.54 Å². The van der Waals surface area contributed by atoms with E-state index in [1.54, 1.807) is 6.92 Å².